The zero-order valence-electron chi connectivity index (χ0n) is 18.6. The third-order valence-corrected chi connectivity index (χ3v) is 8.63. The van der Waals surface area contributed by atoms with Crippen molar-refractivity contribution in [1.82, 2.24) is 4.41 Å². The highest BCUT2D eigenvalue weighted by atomic mass is 32.2. The van der Waals surface area contributed by atoms with Crippen molar-refractivity contribution in [3.8, 4) is 0 Å². The zero-order chi connectivity index (χ0) is 24.5. The second-order valence-electron chi connectivity index (χ2n) is 7.94. The van der Waals surface area contributed by atoms with Crippen LogP contribution in [0.5, 0.6) is 0 Å². The highest BCUT2D eigenvalue weighted by Gasteiger charge is 2.38. The van der Waals surface area contributed by atoms with Crippen LogP contribution in [0.15, 0.2) is 82.8 Å². The number of halogens is 1. The summed E-state index contributed by atoms with van der Waals surface area (Å²) < 4.78 is 68.0. The first-order chi connectivity index (χ1) is 16.1. The van der Waals surface area contributed by atoms with Gasteiger partial charge < -0.3 is 0 Å². The molecule has 0 fully saturated rings. The van der Waals surface area contributed by atoms with E-state index in [-0.39, 0.29) is 17.1 Å². The van der Waals surface area contributed by atoms with Crippen molar-refractivity contribution in [2.75, 3.05) is 10.5 Å². The third kappa shape index (κ3) is 4.83. The molecule has 0 saturated heterocycles. The van der Waals surface area contributed by atoms with Crippen LogP contribution in [0.4, 0.5) is 10.1 Å². The van der Waals surface area contributed by atoms with Gasteiger partial charge in [0.2, 0.25) is 10.0 Å². The molecule has 10 heteroatoms. The highest BCUT2D eigenvalue weighted by molar-refractivity contribution is 7.92. The van der Waals surface area contributed by atoms with Gasteiger partial charge in [-0.15, -0.1) is 0 Å². The fourth-order valence-corrected chi connectivity index (χ4v) is 5.86. The van der Waals surface area contributed by atoms with Crippen molar-refractivity contribution >= 4 is 31.4 Å². The Morgan fingerprint density at radius 3 is 2.38 bits per heavy atom. The van der Waals surface area contributed by atoms with E-state index in [9.17, 15) is 21.2 Å². The summed E-state index contributed by atoms with van der Waals surface area (Å²) in [7, 11) is -7.56. The van der Waals surface area contributed by atoms with Crippen LogP contribution in [0.2, 0.25) is 0 Å². The molecule has 0 radical (unpaired) electrons. The standard InChI is InChI=1S/C24H24FN3O4S2/c1-3-33(29,30)27-20-9-6-8-18(15-20)23-16-24(22-10-5-4-7-17(22)2)28(26-23)34(31,32)21-13-11-19(25)12-14-21/h4-15,24,27H,3,16H2,1-2H3/t24-/m1/s1. The molecule has 0 aliphatic carbocycles. The number of nitrogens with one attached hydrogen (secondary N) is 1. The molecular weight excluding hydrogens is 477 g/mol. The number of hydrogen-bond donors (Lipinski definition) is 1. The van der Waals surface area contributed by atoms with Crippen molar-refractivity contribution in [2.24, 2.45) is 5.10 Å². The van der Waals surface area contributed by atoms with E-state index in [0.717, 1.165) is 27.7 Å². The van der Waals surface area contributed by atoms with Gasteiger partial charge in [-0.3, -0.25) is 4.72 Å². The predicted octanol–water partition coefficient (Wildman–Crippen LogP) is 4.44. The van der Waals surface area contributed by atoms with Gasteiger partial charge in [0.05, 0.1) is 22.4 Å². The minimum atomic E-state index is -4.09. The van der Waals surface area contributed by atoms with Crippen LogP contribution in [-0.2, 0) is 20.0 Å². The summed E-state index contributed by atoms with van der Waals surface area (Å²) in [6.07, 6.45) is 0.287. The van der Waals surface area contributed by atoms with Crippen LogP contribution >= 0.6 is 0 Å². The molecule has 1 aliphatic heterocycles. The van der Waals surface area contributed by atoms with Gasteiger partial charge >= 0.3 is 0 Å². The zero-order valence-corrected chi connectivity index (χ0v) is 20.3. The van der Waals surface area contributed by atoms with E-state index in [1.54, 1.807) is 24.3 Å². The monoisotopic (exact) mass is 501 g/mol. The van der Waals surface area contributed by atoms with Gasteiger partial charge in [-0.25, -0.2) is 12.8 Å². The Bertz CT molecular complexity index is 1450. The Balaban J connectivity index is 1.78. The topological polar surface area (TPSA) is 95.9 Å². The molecule has 0 aromatic heterocycles. The third-order valence-electron chi connectivity index (χ3n) is 5.63. The van der Waals surface area contributed by atoms with Gasteiger partial charge in [-0.05, 0) is 66.9 Å². The number of rotatable bonds is 7. The van der Waals surface area contributed by atoms with Gasteiger partial charge in [0.1, 0.15) is 5.82 Å². The number of sulfonamides is 2. The maximum atomic E-state index is 13.5. The summed E-state index contributed by atoms with van der Waals surface area (Å²) in [5, 5.41) is 4.48. The van der Waals surface area contributed by atoms with Crippen LogP contribution in [-0.4, -0.2) is 32.7 Å². The van der Waals surface area contributed by atoms with Gasteiger partial charge in [-0.1, -0.05) is 36.4 Å². The van der Waals surface area contributed by atoms with Crippen LogP contribution in [0.25, 0.3) is 0 Å². The van der Waals surface area contributed by atoms with Crippen molar-refractivity contribution < 1.29 is 21.2 Å². The molecule has 178 valence electrons. The molecule has 1 aliphatic rings. The molecule has 0 unspecified atom stereocenters. The Morgan fingerprint density at radius 1 is 1.00 bits per heavy atom. The van der Waals surface area contributed by atoms with Crippen LogP contribution < -0.4 is 4.72 Å². The summed E-state index contributed by atoms with van der Waals surface area (Å²) in [5.41, 5.74) is 3.18. The molecule has 34 heavy (non-hydrogen) atoms. The van der Waals surface area contributed by atoms with Gasteiger partial charge in [-0.2, -0.15) is 17.9 Å². The van der Waals surface area contributed by atoms with Crippen LogP contribution in [0, 0.1) is 12.7 Å². The predicted molar refractivity (Wildman–Crippen MR) is 130 cm³/mol. The molecule has 1 atom stereocenters. The normalized spacial score (nSPS) is 16.4. The molecule has 1 N–H and O–H groups in total. The van der Waals surface area contributed by atoms with E-state index < -0.39 is 31.9 Å². The van der Waals surface area contributed by atoms with Crippen LogP contribution in [0.3, 0.4) is 0 Å². The largest absolute Gasteiger partial charge is 0.284 e. The van der Waals surface area contributed by atoms with Crippen molar-refractivity contribution in [2.45, 2.75) is 31.2 Å². The molecule has 0 amide bonds. The van der Waals surface area contributed by atoms with Crippen LogP contribution in [0.1, 0.15) is 36.1 Å². The fraction of sp³-hybridized carbons (Fsp3) is 0.208. The van der Waals surface area contributed by atoms with E-state index in [1.807, 2.05) is 31.2 Å². The maximum Gasteiger partial charge on any atom is 0.279 e. The molecular formula is C24H24FN3O4S2. The number of hydrazone groups is 1. The van der Waals surface area contributed by atoms with Crippen molar-refractivity contribution in [3.63, 3.8) is 0 Å². The van der Waals surface area contributed by atoms with E-state index in [2.05, 4.69) is 9.82 Å². The molecule has 0 saturated carbocycles. The molecule has 0 bridgehead atoms. The lowest BCUT2D eigenvalue weighted by Gasteiger charge is -2.24. The first-order valence-electron chi connectivity index (χ1n) is 10.6. The lowest BCUT2D eigenvalue weighted by atomic mass is 9.96. The molecule has 3 aromatic rings. The summed E-state index contributed by atoms with van der Waals surface area (Å²) in [6, 6.07) is 18.2. The average molecular weight is 502 g/mol. The Kier molecular flexibility index (Phi) is 6.46. The summed E-state index contributed by atoms with van der Waals surface area (Å²) in [4.78, 5) is -0.0676. The first-order valence-corrected chi connectivity index (χ1v) is 13.7. The lowest BCUT2D eigenvalue weighted by Crippen LogP contribution is -2.27. The number of aryl methyl sites for hydroxylation is 1. The average Bonchev–Trinajstić information content (AvgIpc) is 3.26. The quantitative estimate of drug-likeness (QED) is 0.518. The summed E-state index contributed by atoms with van der Waals surface area (Å²) in [5.74, 6) is -0.608. The van der Waals surface area contributed by atoms with Crippen molar-refractivity contribution in [3.05, 3.63) is 95.3 Å². The molecule has 7 nitrogen and oxygen atoms in total. The molecule has 0 spiro atoms. The Labute approximate surface area is 199 Å². The highest BCUT2D eigenvalue weighted by Crippen LogP contribution is 2.38. The Morgan fingerprint density at radius 2 is 1.71 bits per heavy atom. The number of hydrogen-bond acceptors (Lipinski definition) is 5. The molecule has 4 rings (SSSR count). The first kappa shape index (κ1) is 23.9. The van der Waals surface area contributed by atoms with E-state index >= 15 is 0 Å². The summed E-state index contributed by atoms with van der Waals surface area (Å²) >= 11 is 0. The smallest absolute Gasteiger partial charge is 0.279 e. The number of nitrogens with zero attached hydrogens (tertiary/aromatic N) is 2. The lowest BCUT2D eigenvalue weighted by molar-refractivity contribution is 0.370. The fourth-order valence-electron chi connectivity index (χ4n) is 3.81. The molecule has 3 aromatic carbocycles. The van der Waals surface area contributed by atoms with Gasteiger partial charge in [0, 0.05) is 12.1 Å². The van der Waals surface area contributed by atoms with Gasteiger partial charge in [0.25, 0.3) is 10.0 Å². The maximum absolute atomic E-state index is 13.5. The van der Waals surface area contributed by atoms with Gasteiger partial charge in [0.15, 0.2) is 0 Å². The van der Waals surface area contributed by atoms with E-state index in [0.29, 0.717) is 17.0 Å². The van der Waals surface area contributed by atoms with Crippen molar-refractivity contribution in [1.29, 1.82) is 0 Å². The minimum Gasteiger partial charge on any atom is -0.284 e. The second-order valence-corrected chi connectivity index (χ2v) is 11.7. The number of benzene rings is 3. The number of anilines is 1. The second kappa shape index (κ2) is 9.19. The van der Waals surface area contributed by atoms with E-state index in [4.69, 9.17) is 0 Å². The summed E-state index contributed by atoms with van der Waals surface area (Å²) in [6.45, 7) is 3.44. The van der Waals surface area contributed by atoms with E-state index in [1.165, 1.54) is 19.1 Å². The minimum absolute atomic E-state index is 0.0676. The SMILES string of the molecule is CCS(=O)(=O)Nc1cccc(C2=NN(S(=O)(=O)c3ccc(F)cc3)[C@@H](c3ccccc3C)C2)c1. The molecule has 1 heterocycles. The Hall–Kier alpha value is -3.24.